The molecule has 0 aliphatic carbocycles. The molecule has 0 spiro atoms. The molecule has 0 amide bonds. The van der Waals surface area contributed by atoms with Gasteiger partial charge in [0.2, 0.25) is 0 Å². The quantitative estimate of drug-likeness (QED) is 0.603. The molecule has 2 heterocycles. The van der Waals surface area contributed by atoms with E-state index in [-0.39, 0.29) is 0 Å². The maximum absolute atomic E-state index is 5.63. The molecule has 52 valence electrons. The number of fused-ring (bicyclic) bond motifs is 1. The Morgan fingerprint density at radius 1 is 1.70 bits per heavy atom. The maximum Gasteiger partial charge on any atom is 0.119 e. The fourth-order valence-corrected chi connectivity index (χ4v) is 1.89. The van der Waals surface area contributed by atoms with Gasteiger partial charge in [-0.05, 0) is 0 Å². The predicted octanol–water partition coefficient (Wildman–Crippen LogP) is 2.13. The molecule has 0 saturated carbocycles. The Labute approximate surface area is 67.1 Å². The number of rotatable bonds is 1. The Bertz CT molecular complexity index is 309. The van der Waals surface area contributed by atoms with E-state index < -0.39 is 0 Å². The van der Waals surface area contributed by atoms with Crippen LogP contribution in [0.3, 0.4) is 0 Å². The number of imidazole rings is 1. The Kier molecular flexibility index (Phi) is 1.39. The van der Waals surface area contributed by atoms with Crippen LogP contribution in [0.1, 0.15) is 4.88 Å². The van der Waals surface area contributed by atoms with Gasteiger partial charge in [0.1, 0.15) is 4.83 Å². The molecule has 0 bridgehead atoms. The Balaban J connectivity index is 2.67. The summed E-state index contributed by atoms with van der Waals surface area (Å²) < 4.78 is 1.97. The van der Waals surface area contributed by atoms with Crippen LogP contribution in [0.15, 0.2) is 18.7 Å². The van der Waals surface area contributed by atoms with Gasteiger partial charge >= 0.3 is 0 Å². The molecule has 0 aromatic carbocycles. The smallest absolute Gasteiger partial charge is 0.119 e. The van der Waals surface area contributed by atoms with Crippen molar-refractivity contribution in [2.24, 2.45) is 0 Å². The summed E-state index contributed by atoms with van der Waals surface area (Å²) in [6, 6.07) is 0. The number of alkyl halides is 1. The lowest BCUT2D eigenvalue weighted by Crippen LogP contribution is -1.70. The second-order valence-corrected chi connectivity index (χ2v) is 3.38. The van der Waals surface area contributed by atoms with E-state index >= 15 is 0 Å². The van der Waals surface area contributed by atoms with Gasteiger partial charge in [-0.2, -0.15) is 0 Å². The number of thiazole rings is 1. The molecule has 2 nitrogen and oxygen atoms in total. The summed E-state index contributed by atoms with van der Waals surface area (Å²) in [7, 11) is 0. The Morgan fingerprint density at radius 2 is 2.60 bits per heavy atom. The molecular formula is C6H5ClN2S. The van der Waals surface area contributed by atoms with E-state index in [4.69, 9.17) is 11.6 Å². The van der Waals surface area contributed by atoms with E-state index in [1.54, 1.807) is 17.7 Å². The third-order valence-electron chi connectivity index (χ3n) is 1.28. The molecule has 0 saturated heterocycles. The van der Waals surface area contributed by atoms with E-state index in [9.17, 15) is 0 Å². The van der Waals surface area contributed by atoms with Crippen molar-refractivity contribution in [3.63, 3.8) is 0 Å². The van der Waals surface area contributed by atoms with Crippen LogP contribution in [0.25, 0.3) is 4.83 Å². The van der Waals surface area contributed by atoms with Gasteiger partial charge in [0.15, 0.2) is 0 Å². The van der Waals surface area contributed by atoms with Crippen molar-refractivity contribution in [3.05, 3.63) is 23.6 Å². The monoisotopic (exact) mass is 172 g/mol. The zero-order valence-electron chi connectivity index (χ0n) is 5.12. The second kappa shape index (κ2) is 2.25. The third kappa shape index (κ3) is 0.822. The van der Waals surface area contributed by atoms with Crippen molar-refractivity contribution in [2.75, 3.05) is 0 Å². The SMILES string of the molecule is ClCc1cn2cncc2s1. The van der Waals surface area contributed by atoms with Crippen LogP contribution >= 0.6 is 22.9 Å². The Morgan fingerprint density at radius 3 is 3.30 bits per heavy atom. The van der Waals surface area contributed by atoms with Gasteiger partial charge < -0.3 is 0 Å². The lowest BCUT2D eigenvalue weighted by atomic mass is 10.6. The molecule has 0 aliphatic rings. The summed E-state index contributed by atoms with van der Waals surface area (Å²) in [6.45, 7) is 0. The van der Waals surface area contributed by atoms with Gasteiger partial charge in [-0.15, -0.1) is 22.9 Å². The van der Waals surface area contributed by atoms with Crippen molar-refractivity contribution in [3.8, 4) is 0 Å². The van der Waals surface area contributed by atoms with Gasteiger partial charge in [-0.1, -0.05) is 0 Å². The molecule has 10 heavy (non-hydrogen) atoms. The average molecular weight is 173 g/mol. The first-order chi connectivity index (χ1) is 4.90. The highest BCUT2D eigenvalue weighted by molar-refractivity contribution is 7.17. The summed E-state index contributed by atoms with van der Waals surface area (Å²) in [4.78, 5) is 6.30. The molecule has 0 atom stereocenters. The second-order valence-electron chi connectivity index (χ2n) is 1.97. The van der Waals surface area contributed by atoms with Crippen LogP contribution in [-0.4, -0.2) is 9.38 Å². The van der Waals surface area contributed by atoms with E-state index in [0.29, 0.717) is 5.88 Å². The molecule has 0 fully saturated rings. The average Bonchev–Trinajstić information content (AvgIpc) is 2.42. The third-order valence-corrected chi connectivity index (χ3v) is 2.76. The predicted molar refractivity (Wildman–Crippen MR) is 42.6 cm³/mol. The van der Waals surface area contributed by atoms with Crippen LogP contribution in [-0.2, 0) is 5.88 Å². The molecule has 4 heteroatoms. The molecule has 0 radical (unpaired) electrons. The van der Waals surface area contributed by atoms with Gasteiger partial charge in [0, 0.05) is 11.1 Å². The van der Waals surface area contributed by atoms with E-state index in [1.807, 2.05) is 16.8 Å². The lowest BCUT2D eigenvalue weighted by Gasteiger charge is -1.77. The molecule has 0 N–H and O–H groups in total. The fourth-order valence-electron chi connectivity index (χ4n) is 0.846. The topological polar surface area (TPSA) is 17.3 Å². The highest BCUT2D eigenvalue weighted by atomic mass is 35.5. The molecule has 0 unspecified atom stereocenters. The minimum Gasteiger partial charge on any atom is -0.297 e. The largest absolute Gasteiger partial charge is 0.297 e. The molecule has 2 aromatic heterocycles. The van der Waals surface area contributed by atoms with Crippen LogP contribution in [0.2, 0.25) is 0 Å². The molecule has 0 aliphatic heterocycles. The highest BCUT2D eigenvalue weighted by Crippen LogP contribution is 2.18. The van der Waals surface area contributed by atoms with E-state index in [1.165, 1.54) is 4.88 Å². The first kappa shape index (κ1) is 6.19. The summed E-state index contributed by atoms with van der Waals surface area (Å²) in [6.07, 6.45) is 5.61. The zero-order chi connectivity index (χ0) is 6.97. The number of halogens is 1. The normalized spacial score (nSPS) is 10.9. The zero-order valence-corrected chi connectivity index (χ0v) is 6.69. The fraction of sp³-hybridized carbons (Fsp3) is 0.167. The van der Waals surface area contributed by atoms with Crippen LogP contribution in [0, 0.1) is 0 Å². The molecule has 2 aromatic rings. The van der Waals surface area contributed by atoms with Gasteiger partial charge in [-0.25, -0.2) is 4.98 Å². The maximum atomic E-state index is 5.63. The van der Waals surface area contributed by atoms with Crippen molar-refractivity contribution in [2.45, 2.75) is 5.88 Å². The minimum atomic E-state index is 0.590. The first-order valence-electron chi connectivity index (χ1n) is 2.86. The van der Waals surface area contributed by atoms with Crippen LogP contribution < -0.4 is 0 Å². The van der Waals surface area contributed by atoms with Gasteiger partial charge in [0.25, 0.3) is 0 Å². The van der Waals surface area contributed by atoms with Gasteiger partial charge in [0.05, 0.1) is 18.4 Å². The molecule has 2 rings (SSSR count). The number of hydrogen-bond donors (Lipinski definition) is 0. The number of hydrogen-bond acceptors (Lipinski definition) is 2. The van der Waals surface area contributed by atoms with Crippen molar-refractivity contribution < 1.29 is 0 Å². The Hall–Kier alpha value is -0.540. The lowest BCUT2D eigenvalue weighted by molar-refractivity contribution is 1.16. The summed E-state index contributed by atoms with van der Waals surface area (Å²) in [5.74, 6) is 0.590. The standard InChI is InChI=1S/C6H5ClN2S/c7-1-5-3-9-4-8-2-6(9)10-5/h2-4H,1H2. The summed E-state index contributed by atoms with van der Waals surface area (Å²) >= 11 is 7.30. The van der Waals surface area contributed by atoms with E-state index in [2.05, 4.69) is 4.98 Å². The summed E-state index contributed by atoms with van der Waals surface area (Å²) in [5.41, 5.74) is 0. The van der Waals surface area contributed by atoms with Crippen molar-refractivity contribution in [1.82, 2.24) is 9.38 Å². The number of aromatic nitrogens is 2. The summed E-state index contributed by atoms with van der Waals surface area (Å²) in [5, 5.41) is 0. The van der Waals surface area contributed by atoms with Crippen LogP contribution in [0.4, 0.5) is 0 Å². The highest BCUT2D eigenvalue weighted by Gasteiger charge is 1.98. The van der Waals surface area contributed by atoms with Crippen molar-refractivity contribution >= 4 is 27.8 Å². The first-order valence-corrected chi connectivity index (χ1v) is 4.21. The molecular weight excluding hydrogens is 168 g/mol. The van der Waals surface area contributed by atoms with E-state index in [0.717, 1.165) is 4.83 Å². The van der Waals surface area contributed by atoms with Crippen molar-refractivity contribution in [1.29, 1.82) is 0 Å². The minimum absolute atomic E-state index is 0.590. The number of nitrogens with zero attached hydrogens (tertiary/aromatic N) is 2. The van der Waals surface area contributed by atoms with Crippen LogP contribution in [0.5, 0.6) is 0 Å². The van der Waals surface area contributed by atoms with Gasteiger partial charge in [-0.3, -0.25) is 4.40 Å².